The normalized spacial score (nSPS) is 9.67. The van der Waals surface area contributed by atoms with E-state index in [2.05, 4.69) is 23.3 Å². The Hall–Kier alpha value is -3.20. The number of hydrogen-bond acceptors (Lipinski definition) is 6. The zero-order valence-corrected chi connectivity index (χ0v) is 17.4. The van der Waals surface area contributed by atoms with Gasteiger partial charge in [0.25, 0.3) is 5.91 Å². The fourth-order valence-corrected chi connectivity index (χ4v) is 2.61. The molecule has 0 bridgehead atoms. The summed E-state index contributed by atoms with van der Waals surface area (Å²) < 4.78 is 7.83. The van der Waals surface area contributed by atoms with Gasteiger partial charge < -0.3 is 15.3 Å². The zero-order chi connectivity index (χ0) is 22.1. The molecule has 30 heavy (non-hydrogen) atoms. The van der Waals surface area contributed by atoms with E-state index in [-0.39, 0.29) is 5.56 Å². The lowest BCUT2D eigenvalue weighted by molar-refractivity contribution is 0.0696. The molecule has 154 valence electrons. The summed E-state index contributed by atoms with van der Waals surface area (Å²) in [5.74, 6) is -0.955. The average Bonchev–Trinajstić information content (AvgIpc) is 2.75. The smallest absolute Gasteiger partial charge is 0.335 e. The van der Waals surface area contributed by atoms with Gasteiger partial charge in [-0.2, -0.15) is 4.21 Å². The lowest BCUT2D eigenvalue weighted by Crippen LogP contribution is -2.16. The summed E-state index contributed by atoms with van der Waals surface area (Å²) in [6.45, 7) is 0. The van der Waals surface area contributed by atoms with Crippen LogP contribution in [0.25, 0.3) is 0 Å². The number of carboxylic acids is 1. The Kier molecular flexibility index (Phi) is 8.54. The Balaban J connectivity index is 0.00000155. The number of halogens is 2. The van der Waals surface area contributed by atoms with Crippen molar-refractivity contribution in [2.75, 3.05) is 10.8 Å². The van der Waals surface area contributed by atoms with Crippen LogP contribution in [-0.2, 0) is 12.5 Å². The monoisotopic (exact) mass is 464 g/mol. The fourth-order valence-electron chi connectivity index (χ4n) is 2.31. The minimum Gasteiger partial charge on any atom is -0.478 e. The van der Waals surface area contributed by atoms with E-state index in [1.807, 2.05) is 0 Å². The maximum atomic E-state index is 12.6. The van der Waals surface area contributed by atoms with E-state index in [1.54, 1.807) is 42.5 Å². The maximum absolute atomic E-state index is 12.6. The molecule has 0 saturated heterocycles. The molecule has 0 fully saturated rings. The van der Waals surface area contributed by atoms with E-state index in [4.69, 9.17) is 37.4 Å². The van der Waals surface area contributed by atoms with Crippen LogP contribution in [0, 0.1) is 0 Å². The van der Waals surface area contributed by atoms with Crippen molar-refractivity contribution in [3.8, 4) is 5.75 Å². The van der Waals surface area contributed by atoms with Gasteiger partial charge in [0.1, 0.15) is 0 Å². The first-order chi connectivity index (χ1) is 14.4. The second-order valence-corrected chi connectivity index (χ2v) is 6.56. The van der Waals surface area contributed by atoms with Crippen molar-refractivity contribution in [1.82, 2.24) is 0 Å². The van der Waals surface area contributed by atoms with Crippen LogP contribution in [0.15, 0.2) is 66.7 Å². The van der Waals surface area contributed by atoms with Gasteiger partial charge in [0.15, 0.2) is 18.3 Å². The number of anilines is 2. The minimum absolute atomic E-state index is 0.128. The van der Waals surface area contributed by atoms with Gasteiger partial charge in [-0.25, -0.2) is 10.3 Å². The second kappa shape index (κ2) is 11.1. The molecule has 0 aliphatic rings. The van der Waals surface area contributed by atoms with Crippen LogP contribution in [0.2, 0.25) is 10.0 Å². The van der Waals surface area contributed by atoms with Crippen molar-refractivity contribution >= 4 is 59.0 Å². The third kappa shape index (κ3) is 6.41. The molecule has 3 aromatic carbocycles. The van der Waals surface area contributed by atoms with Gasteiger partial charge in [0, 0.05) is 15.7 Å². The first kappa shape index (κ1) is 23.1. The van der Waals surface area contributed by atoms with Crippen LogP contribution in [0.4, 0.5) is 11.4 Å². The number of carboxylic acid groups (broad SMARTS) is 1. The SMILES string of the molecule is O=C(O)c1ccc(NC(=O)c2ccc(Cl)cc2NOc2ccc(Cl)cc2)cc1.O=S. The van der Waals surface area contributed by atoms with E-state index >= 15 is 0 Å². The molecular weight excluding hydrogens is 451 g/mol. The molecule has 3 aromatic rings. The van der Waals surface area contributed by atoms with Crippen molar-refractivity contribution in [2.24, 2.45) is 0 Å². The summed E-state index contributed by atoms with van der Waals surface area (Å²) in [7, 11) is 0. The average molecular weight is 465 g/mol. The molecule has 0 aliphatic heterocycles. The van der Waals surface area contributed by atoms with E-state index in [0.717, 1.165) is 0 Å². The highest BCUT2D eigenvalue weighted by Crippen LogP contribution is 2.24. The quantitative estimate of drug-likeness (QED) is 0.440. The molecule has 3 N–H and O–H groups in total. The molecule has 1 amide bonds. The van der Waals surface area contributed by atoms with Crippen molar-refractivity contribution in [3.63, 3.8) is 0 Å². The molecular formula is C20H14Cl2N2O5S. The molecule has 0 unspecified atom stereocenters. The largest absolute Gasteiger partial charge is 0.478 e. The second-order valence-electron chi connectivity index (χ2n) is 5.68. The minimum atomic E-state index is -1.04. The van der Waals surface area contributed by atoms with Gasteiger partial charge in [0.2, 0.25) is 0 Å². The number of carbonyl (C=O) groups is 2. The molecule has 0 spiro atoms. The predicted octanol–water partition coefficient (Wildman–Crippen LogP) is 5.01. The van der Waals surface area contributed by atoms with Crippen LogP contribution in [-0.4, -0.2) is 21.2 Å². The van der Waals surface area contributed by atoms with Gasteiger partial charge in [-0.1, -0.05) is 23.2 Å². The van der Waals surface area contributed by atoms with Gasteiger partial charge in [-0.3, -0.25) is 4.79 Å². The van der Waals surface area contributed by atoms with Crippen molar-refractivity contribution in [3.05, 3.63) is 87.9 Å². The molecule has 0 saturated carbocycles. The maximum Gasteiger partial charge on any atom is 0.335 e. The Bertz CT molecular complexity index is 1030. The van der Waals surface area contributed by atoms with Crippen LogP contribution in [0.3, 0.4) is 0 Å². The number of aromatic carboxylic acids is 1. The van der Waals surface area contributed by atoms with Gasteiger partial charge >= 0.3 is 5.97 Å². The summed E-state index contributed by atoms with van der Waals surface area (Å²) in [5.41, 5.74) is 3.95. The number of carbonyl (C=O) groups excluding carboxylic acids is 1. The van der Waals surface area contributed by atoms with Crippen LogP contribution >= 0.6 is 23.2 Å². The van der Waals surface area contributed by atoms with Crippen LogP contribution in [0.1, 0.15) is 20.7 Å². The van der Waals surface area contributed by atoms with E-state index in [1.165, 1.54) is 24.3 Å². The highest BCUT2D eigenvalue weighted by molar-refractivity contribution is 7.44. The Morgan fingerprint density at radius 1 is 0.867 bits per heavy atom. The summed E-state index contributed by atoms with van der Waals surface area (Å²) in [6, 6.07) is 17.2. The molecule has 0 radical (unpaired) electrons. The molecule has 0 aromatic heterocycles. The topological polar surface area (TPSA) is 105 Å². The Morgan fingerprint density at radius 3 is 2.07 bits per heavy atom. The van der Waals surface area contributed by atoms with Crippen molar-refractivity contribution in [1.29, 1.82) is 0 Å². The number of nitrogens with one attached hydrogen (secondary N) is 2. The number of hydrogen-bond donors (Lipinski definition) is 3. The zero-order valence-electron chi connectivity index (χ0n) is 15.1. The lowest BCUT2D eigenvalue weighted by atomic mass is 10.1. The van der Waals surface area contributed by atoms with Gasteiger partial charge in [-0.05, 0) is 66.7 Å². The summed E-state index contributed by atoms with van der Waals surface area (Å²) in [6.07, 6.45) is 0. The summed E-state index contributed by atoms with van der Waals surface area (Å²) in [5, 5.41) is 12.6. The van der Waals surface area contributed by atoms with Crippen molar-refractivity contribution in [2.45, 2.75) is 0 Å². The first-order valence-electron chi connectivity index (χ1n) is 8.22. The molecule has 10 heteroatoms. The standard InChI is InChI=1S/C20H14Cl2N2O4.OS/c21-13-3-8-16(9-4-13)28-24-18-11-14(22)5-10-17(18)19(25)23-15-6-1-12(2-7-15)20(26)27;1-2/h1-11,24H,(H,23,25)(H,26,27);. The van der Waals surface area contributed by atoms with Crippen LogP contribution < -0.4 is 15.6 Å². The third-order valence-electron chi connectivity index (χ3n) is 3.71. The predicted molar refractivity (Wildman–Crippen MR) is 117 cm³/mol. The highest BCUT2D eigenvalue weighted by Gasteiger charge is 2.14. The van der Waals surface area contributed by atoms with Gasteiger partial charge in [0.05, 0.1) is 16.8 Å². The van der Waals surface area contributed by atoms with Crippen LogP contribution in [0.5, 0.6) is 5.75 Å². The number of amides is 1. The Morgan fingerprint density at radius 2 is 1.47 bits per heavy atom. The Labute approximate surface area is 187 Å². The number of benzene rings is 3. The molecule has 0 aliphatic carbocycles. The highest BCUT2D eigenvalue weighted by atomic mass is 35.5. The van der Waals surface area contributed by atoms with Gasteiger partial charge in [-0.15, -0.1) is 0 Å². The molecule has 3 rings (SSSR count). The fraction of sp³-hybridized carbons (Fsp3) is 0. The first-order valence-corrected chi connectivity index (χ1v) is 9.30. The van der Waals surface area contributed by atoms with Crippen molar-refractivity contribution < 1.29 is 23.7 Å². The summed E-state index contributed by atoms with van der Waals surface area (Å²) in [4.78, 5) is 29.0. The van der Waals surface area contributed by atoms with E-state index in [0.29, 0.717) is 32.7 Å². The molecule has 0 heterocycles. The lowest BCUT2D eigenvalue weighted by Gasteiger charge is -2.13. The van der Waals surface area contributed by atoms with E-state index < -0.39 is 11.9 Å². The molecule has 7 nitrogen and oxygen atoms in total. The third-order valence-corrected chi connectivity index (χ3v) is 4.20. The molecule has 0 atom stereocenters. The number of rotatable bonds is 6. The summed E-state index contributed by atoms with van der Waals surface area (Å²) >= 11 is 14.7. The van der Waals surface area contributed by atoms with E-state index in [9.17, 15) is 9.59 Å².